The zero-order valence-corrected chi connectivity index (χ0v) is 19.0. The number of halogens is 1. The van der Waals surface area contributed by atoms with Crippen LogP contribution < -0.4 is 15.1 Å². The Hall–Kier alpha value is -3.85. The average Bonchev–Trinajstić information content (AvgIpc) is 3.25. The minimum atomic E-state index is -0.434. The minimum absolute atomic E-state index is 0.301. The van der Waals surface area contributed by atoms with Crippen LogP contribution in [0.4, 0.5) is 10.5 Å². The Bertz CT molecular complexity index is 1190. The number of amides is 3. The van der Waals surface area contributed by atoms with Crippen LogP contribution in [0, 0.1) is 6.92 Å². The fraction of sp³-hybridized carbons (Fsp3) is 0.217. The maximum Gasteiger partial charge on any atom is 0.343 e. The number of imidazole rings is 1. The summed E-state index contributed by atoms with van der Waals surface area (Å²) in [5.41, 5.74) is 5.51. The summed E-state index contributed by atoms with van der Waals surface area (Å²) in [6.45, 7) is 2.89. The number of carbonyl (C=O) groups is 2. The summed E-state index contributed by atoms with van der Waals surface area (Å²) >= 11 is 5.93. The molecule has 0 aliphatic carbocycles. The van der Waals surface area contributed by atoms with Gasteiger partial charge >= 0.3 is 6.03 Å². The summed E-state index contributed by atoms with van der Waals surface area (Å²) < 4.78 is 7.21. The minimum Gasteiger partial charge on any atom is -0.479 e. The first-order chi connectivity index (χ1) is 15.9. The van der Waals surface area contributed by atoms with Crippen LogP contribution >= 0.6 is 11.6 Å². The number of urea groups is 1. The summed E-state index contributed by atoms with van der Waals surface area (Å²) in [6.07, 6.45) is 7.15. The van der Waals surface area contributed by atoms with Gasteiger partial charge in [0.25, 0.3) is 5.91 Å². The van der Waals surface area contributed by atoms with Crippen LogP contribution in [0.5, 0.6) is 5.88 Å². The van der Waals surface area contributed by atoms with E-state index in [2.05, 4.69) is 15.4 Å². The van der Waals surface area contributed by atoms with Crippen LogP contribution in [0.1, 0.15) is 17.8 Å². The third kappa shape index (κ3) is 5.15. The third-order valence-corrected chi connectivity index (χ3v) is 5.31. The summed E-state index contributed by atoms with van der Waals surface area (Å²) in [6, 6.07) is 10.3. The van der Waals surface area contributed by atoms with Gasteiger partial charge in [-0.15, -0.1) is 0 Å². The van der Waals surface area contributed by atoms with Crippen molar-refractivity contribution in [2.24, 2.45) is 0 Å². The first kappa shape index (κ1) is 22.3. The van der Waals surface area contributed by atoms with Crippen molar-refractivity contribution in [2.45, 2.75) is 13.3 Å². The fourth-order valence-electron chi connectivity index (χ4n) is 3.46. The Labute approximate surface area is 196 Å². The lowest BCUT2D eigenvalue weighted by Gasteiger charge is -2.35. The largest absolute Gasteiger partial charge is 0.479 e. The molecule has 0 radical (unpaired) electrons. The first-order valence-corrected chi connectivity index (χ1v) is 10.7. The summed E-state index contributed by atoms with van der Waals surface area (Å²) in [5, 5.41) is 1.90. The van der Waals surface area contributed by atoms with E-state index in [0.717, 1.165) is 17.1 Å². The molecule has 1 aromatic carbocycles. The number of anilines is 1. The molecule has 1 saturated heterocycles. The number of rotatable bonds is 6. The molecule has 4 rings (SSSR count). The molecule has 0 unspecified atom stereocenters. The van der Waals surface area contributed by atoms with E-state index >= 15 is 0 Å². The number of hydrogen-bond donors (Lipinski definition) is 1. The number of hydrogen-bond acceptors (Lipinski definition) is 5. The second-order valence-electron chi connectivity index (χ2n) is 7.41. The van der Waals surface area contributed by atoms with Gasteiger partial charge in [0.05, 0.1) is 24.8 Å². The summed E-state index contributed by atoms with van der Waals surface area (Å²) in [5.74, 6) is -0.0313. The molecule has 3 aromatic rings. The molecule has 3 heterocycles. The van der Waals surface area contributed by atoms with E-state index in [1.165, 1.54) is 18.2 Å². The van der Waals surface area contributed by atoms with Gasteiger partial charge in [-0.25, -0.2) is 19.8 Å². The number of aryl methyl sites for hydroxylation is 1. The molecular formula is C23H23ClN6O3. The van der Waals surface area contributed by atoms with Gasteiger partial charge in [0.15, 0.2) is 0 Å². The van der Waals surface area contributed by atoms with Crippen LogP contribution in [0.15, 0.2) is 55.0 Å². The predicted octanol–water partition coefficient (Wildman–Crippen LogP) is 3.61. The number of methoxy groups -OCH3 is 1. The molecule has 9 nitrogen and oxygen atoms in total. The van der Waals surface area contributed by atoms with Crippen molar-refractivity contribution in [3.63, 3.8) is 0 Å². The zero-order valence-electron chi connectivity index (χ0n) is 18.2. The Morgan fingerprint density at radius 2 is 1.97 bits per heavy atom. The maximum absolute atomic E-state index is 12.8. The smallest absolute Gasteiger partial charge is 0.343 e. The molecule has 3 amide bonds. The highest BCUT2D eigenvalue weighted by Crippen LogP contribution is 2.23. The third-order valence-electron chi connectivity index (χ3n) is 5.06. The number of nitrogens with zero attached hydrogens (tertiary/aromatic N) is 5. The van der Waals surface area contributed by atoms with Crippen LogP contribution in [0.3, 0.4) is 0 Å². The molecule has 170 valence electrons. The Morgan fingerprint density at radius 1 is 1.18 bits per heavy atom. The van der Waals surface area contributed by atoms with Crippen molar-refractivity contribution in [2.75, 3.05) is 25.1 Å². The van der Waals surface area contributed by atoms with Gasteiger partial charge < -0.3 is 9.30 Å². The van der Waals surface area contributed by atoms with Crippen molar-refractivity contribution < 1.29 is 14.3 Å². The van der Waals surface area contributed by atoms with Crippen LogP contribution in [-0.2, 0) is 4.79 Å². The van der Waals surface area contributed by atoms with E-state index in [4.69, 9.17) is 16.3 Å². The number of ether oxygens (including phenoxy) is 1. The molecule has 0 bridgehead atoms. The van der Waals surface area contributed by atoms with Crippen LogP contribution in [0.2, 0.25) is 5.02 Å². The Morgan fingerprint density at radius 3 is 2.67 bits per heavy atom. The molecule has 1 fully saturated rings. The topological polar surface area (TPSA) is 92.6 Å². The first-order valence-electron chi connectivity index (χ1n) is 10.3. The van der Waals surface area contributed by atoms with Crippen molar-refractivity contribution in [3.8, 4) is 11.6 Å². The van der Waals surface area contributed by atoms with E-state index in [-0.39, 0.29) is 6.03 Å². The van der Waals surface area contributed by atoms with E-state index in [1.807, 2.05) is 23.8 Å². The van der Waals surface area contributed by atoms with Gasteiger partial charge in [0.2, 0.25) is 5.88 Å². The number of hydrazine groups is 1. The Kier molecular flexibility index (Phi) is 6.60. The molecule has 1 aliphatic heterocycles. The highest BCUT2D eigenvalue weighted by Gasteiger charge is 2.27. The predicted molar refractivity (Wildman–Crippen MR) is 125 cm³/mol. The summed E-state index contributed by atoms with van der Waals surface area (Å²) in [7, 11) is 1.53. The normalized spacial score (nSPS) is 14.1. The van der Waals surface area contributed by atoms with E-state index < -0.39 is 5.91 Å². The molecule has 0 saturated carbocycles. The SMILES string of the molecule is COc1nc(C=CC(=O)NN2CCCN(c3ccc(Cl)cc3)C2=O)ccc1-n1cnc(C)c1. The maximum atomic E-state index is 12.8. The molecule has 1 aliphatic rings. The zero-order chi connectivity index (χ0) is 23.4. The molecule has 33 heavy (non-hydrogen) atoms. The van der Waals surface area contributed by atoms with Gasteiger partial charge in [-0.1, -0.05) is 11.6 Å². The molecule has 0 spiro atoms. The fourth-order valence-corrected chi connectivity index (χ4v) is 3.59. The lowest BCUT2D eigenvalue weighted by Crippen LogP contribution is -2.56. The number of nitrogens with one attached hydrogen (secondary N) is 1. The van der Waals surface area contributed by atoms with Gasteiger partial charge in [-0.05, 0) is 55.8 Å². The highest BCUT2D eigenvalue weighted by molar-refractivity contribution is 6.30. The van der Waals surface area contributed by atoms with Crippen molar-refractivity contribution in [1.82, 2.24) is 25.0 Å². The second kappa shape index (κ2) is 9.74. The average molecular weight is 467 g/mol. The van der Waals surface area contributed by atoms with Gasteiger partial charge in [-0.3, -0.25) is 15.1 Å². The lowest BCUT2D eigenvalue weighted by atomic mass is 10.2. The van der Waals surface area contributed by atoms with Gasteiger partial charge in [0.1, 0.15) is 5.69 Å². The second-order valence-corrected chi connectivity index (χ2v) is 7.85. The van der Waals surface area contributed by atoms with E-state index in [1.54, 1.807) is 47.6 Å². The van der Waals surface area contributed by atoms with Crippen molar-refractivity contribution in [3.05, 3.63) is 71.4 Å². The molecule has 10 heteroatoms. The van der Waals surface area contributed by atoms with Gasteiger partial charge in [-0.2, -0.15) is 0 Å². The quantitative estimate of drug-likeness (QED) is 0.560. The molecule has 1 N–H and O–H groups in total. The summed E-state index contributed by atoms with van der Waals surface area (Å²) in [4.78, 5) is 35.5. The highest BCUT2D eigenvalue weighted by atomic mass is 35.5. The van der Waals surface area contributed by atoms with Crippen LogP contribution in [-0.4, -0.2) is 51.7 Å². The van der Waals surface area contributed by atoms with Gasteiger partial charge in [0, 0.05) is 36.1 Å². The monoisotopic (exact) mass is 466 g/mol. The number of carbonyl (C=O) groups excluding carboxylic acids is 2. The Balaban J connectivity index is 1.42. The lowest BCUT2D eigenvalue weighted by molar-refractivity contribution is -0.120. The standard InChI is InChI=1S/C23H23ClN6O3/c1-16-14-28(15-25-16)20-10-6-18(26-22(20)33-2)7-11-21(31)27-30-13-3-12-29(23(30)32)19-8-4-17(24)5-9-19/h4-11,14-15H,3,12-13H2,1-2H3,(H,27,31). The molecular weight excluding hydrogens is 444 g/mol. The van der Waals surface area contributed by atoms with Crippen LogP contribution in [0.25, 0.3) is 11.8 Å². The van der Waals surface area contributed by atoms with E-state index in [9.17, 15) is 9.59 Å². The van der Waals surface area contributed by atoms with E-state index in [0.29, 0.717) is 36.1 Å². The van der Waals surface area contributed by atoms with Crippen molar-refractivity contribution >= 4 is 35.3 Å². The molecule has 0 atom stereocenters. The number of pyridine rings is 1. The molecule has 2 aromatic heterocycles. The number of benzene rings is 1. The van der Waals surface area contributed by atoms with Crippen molar-refractivity contribution in [1.29, 1.82) is 0 Å². The number of aromatic nitrogens is 3.